The van der Waals surface area contributed by atoms with Crippen molar-refractivity contribution in [3.63, 3.8) is 0 Å². The molecule has 1 atom stereocenters. The molecule has 1 aliphatic rings. The third kappa shape index (κ3) is 2.40. The second-order valence-electron chi connectivity index (χ2n) is 4.81. The lowest BCUT2D eigenvalue weighted by Gasteiger charge is -2.16. The average Bonchev–Trinajstić information content (AvgIpc) is 3.02. The van der Waals surface area contributed by atoms with Gasteiger partial charge in [-0.1, -0.05) is 11.8 Å². The SMILES string of the molecule is CC(=O)SCC1CC(=O)N(c2ncnc3[nH]ccc23)C1. The number of carbonyl (C=O) groups excluding carboxylic acids is 2. The van der Waals surface area contributed by atoms with Gasteiger partial charge in [-0.3, -0.25) is 14.5 Å². The fourth-order valence-corrected chi connectivity index (χ4v) is 3.10. The molecular weight excluding hydrogens is 276 g/mol. The largest absolute Gasteiger partial charge is 0.346 e. The van der Waals surface area contributed by atoms with E-state index in [9.17, 15) is 9.59 Å². The van der Waals surface area contributed by atoms with E-state index < -0.39 is 0 Å². The van der Waals surface area contributed by atoms with Crippen molar-refractivity contribution in [1.29, 1.82) is 0 Å². The average molecular weight is 290 g/mol. The van der Waals surface area contributed by atoms with Crippen LogP contribution in [0.15, 0.2) is 18.6 Å². The van der Waals surface area contributed by atoms with Gasteiger partial charge in [0.1, 0.15) is 17.8 Å². The molecule has 2 aromatic rings. The van der Waals surface area contributed by atoms with Gasteiger partial charge in [-0.25, -0.2) is 9.97 Å². The number of nitrogens with one attached hydrogen (secondary N) is 1. The molecule has 2 aromatic heterocycles. The molecule has 1 saturated heterocycles. The highest BCUT2D eigenvalue weighted by Gasteiger charge is 2.32. The number of rotatable bonds is 3. The first kappa shape index (κ1) is 13.1. The molecule has 20 heavy (non-hydrogen) atoms. The highest BCUT2D eigenvalue weighted by Crippen LogP contribution is 2.29. The van der Waals surface area contributed by atoms with Crippen LogP contribution in [-0.2, 0) is 9.59 Å². The Morgan fingerprint density at radius 2 is 2.40 bits per heavy atom. The van der Waals surface area contributed by atoms with Gasteiger partial charge >= 0.3 is 0 Å². The molecule has 0 bridgehead atoms. The van der Waals surface area contributed by atoms with Crippen molar-refractivity contribution in [2.24, 2.45) is 5.92 Å². The Labute approximate surface area is 120 Å². The maximum atomic E-state index is 12.2. The molecule has 1 unspecified atom stereocenters. The highest BCUT2D eigenvalue weighted by molar-refractivity contribution is 8.13. The van der Waals surface area contributed by atoms with Crippen molar-refractivity contribution in [2.45, 2.75) is 13.3 Å². The molecule has 104 valence electrons. The summed E-state index contributed by atoms with van der Waals surface area (Å²) in [5.41, 5.74) is 0.726. The summed E-state index contributed by atoms with van der Waals surface area (Å²) in [4.78, 5) is 36.2. The zero-order valence-corrected chi connectivity index (χ0v) is 11.8. The lowest BCUT2D eigenvalue weighted by molar-refractivity contribution is -0.117. The maximum Gasteiger partial charge on any atom is 0.228 e. The standard InChI is InChI=1S/C13H14N4O2S/c1-8(18)20-6-9-4-11(19)17(5-9)13-10-2-3-14-12(10)15-7-16-13/h2-3,7,9H,4-6H2,1H3,(H,14,15,16). The topological polar surface area (TPSA) is 79.0 Å². The lowest BCUT2D eigenvalue weighted by Crippen LogP contribution is -2.26. The van der Waals surface area contributed by atoms with Gasteiger partial charge in [0, 0.05) is 31.8 Å². The number of aromatic nitrogens is 3. The quantitative estimate of drug-likeness (QED) is 0.928. The summed E-state index contributed by atoms with van der Waals surface area (Å²) in [7, 11) is 0. The number of nitrogens with zero attached hydrogens (tertiary/aromatic N) is 3. The van der Waals surface area contributed by atoms with Crippen LogP contribution < -0.4 is 4.90 Å². The Hall–Kier alpha value is -1.89. The van der Waals surface area contributed by atoms with Gasteiger partial charge in [-0.15, -0.1) is 0 Å². The smallest absolute Gasteiger partial charge is 0.228 e. The van der Waals surface area contributed by atoms with Crippen molar-refractivity contribution < 1.29 is 9.59 Å². The molecular formula is C13H14N4O2S. The molecule has 7 heteroatoms. The van der Waals surface area contributed by atoms with Gasteiger partial charge in [-0.2, -0.15) is 0 Å². The van der Waals surface area contributed by atoms with E-state index in [1.807, 2.05) is 6.07 Å². The van der Waals surface area contributed by atoms with Gasteiger partial charge in [0.05, 0.1) is 5.39 Å². The van der Waals surface area contributed by atoms with Crippen LogP contribution in [0.2, 0.25) is 0 Å². The first-order valence-corrected chi connectivity index (χ1v) is 7.35. The monoisotopic (exact) mass is 290 g/mol. The number of carbonyl (C=O) groups is 2. The minimum absolute atomic E-state index is 0.0559. The third-order valence-electron chi connectivity index (χ3n) is 3.32. The Balaban J connectivity index is 1.82. The van der Waals surface area contributed by atoms with Crippen LogP contribution in [0, 0.1) is 5.92 Å². The first-order valence-electron chi connectivity index (χ1n) is 6.37. The molecule has 0 aliphatic carbocycles. The number of H-pyrrole nitrogens is 1. The Morgan fingerprint density at radius 1 is 1.55 bits per heavy atom. The summed E-state index contributed by atoms with van der Waals surface area (Å²) in [5.74, 6) is 1.58. The van der Waals surface area contributed by atoms with E-state index in [1.165, 1.54) is 18.1 Å². The number of thioether (sulfide) groups is 1. The summed E-state index contributed by atoms with van der Waals surface area (Å²) < 4.78 is 0. The minimum atomic E-state index is 0.0559. The van der Waals surface area contributed by atoms with Crippen LogP contribution >= 0.6 is 11.8 Å². The second kappa shape index (κ2) is 5.24. The first-order chi connectivity index (χ1) is 9.65. The highest BCUT2D eigenvalue weighted by atomic mass is 32.2. The van der Waals surface area contributed by atoms with Crippen LogP contribution in [0.3, 0.4) is 0 Å². The van der Waals surface area contributed by atoms with E-state index >= 15 is 0 Å². The summed E-state index contributed by atoms with van der Waals surface area (Å²) in [6.07, 6.45) is 3.71. The molecule has 6 nitrogen and oxygen atoms in total. The molecule has 0 radical (unpaired) electrons. The maximum absolute atomic E-state index is 12.2. The fraction of sp³-hybridized carbons (Fsp3) is 0.385. The summed E-state index contributed by atoms with van der Waals surface area (Å²) in [6, 6.07) is 1.87. The number of fused-ring (bicyclic) bond motifs is 1. The number of amides is 1. The zero-order chi connectivity index (χ0) is 14.1. The molecule has 3 heterocycles. The van der Waals surface area contributed by atoms with Crippen LogP contribution in [0.1, 0.15) is 13.3 Å². The van der Waals surface area contributed by atoms with E-state index in [2.05, 4.69) is 15.0 Å². The van der Waals surface area contributed by atoms with Gasteiger partial charge in [0.15, 0.2) is 5.12 Å². The zero-order valence-electron chi connectivity index (χ0n) is 11.0. The molecule has 3 rings (SSSR count). The van der Waals surface area contributed by atoms with Crippen LogP contribution in [0.5, 0.6) is 0 Å². The third-order valence-corrected chi connectivity index (χ3v) is 4.36. The van der Waals surface area contributed by atoms with Crippen molar-refractivity contribution in [1.82, 2.24) is 15.0 Å². The normalized spacial score (nSPS) is 18.9. The molecule has 0 saturated carbocycles. The summed E-state index contributed by atoms with van der Waals surface area (Å²) in [6.45, 7) is 2.16. The molecule has 0 spiro atoms. The second-order valence-corrected chi connectivity index (χ2v) is 6.01. The molecule has 1 fully saturated rings. The number of hydrogen-bond acceptors (Lipinski definition) is 5. The molecule has 1 amide bonds. The van der Waals surface area contributed by atoms with E-state index in [4.69, 9.17) is 0 Å². The van der Waals surface area contributed by atoms with Crippen molar-refractivity contribution >= 4 is 39.6 Å². The fourth-order valence-electron chi connectivity index (χ4n) is 2.41. The van der Waals surface area contributed by atoms with Gasteiger partial charge < -0.3 is 4.98 Å². The van der Waals surface area contributed by atoms with Gasteiger partial charge in [0.25, 0.3) is 0 Å². The molecule has 0 aromatic carbocycles. The van der Waals surface area contributed by atoms with Crippen molar-refractivity contribution in [3.05, 3.63) is 18.6 Å². The van der Waals surface area contributed by atoms with E-state index in [1.54, 1.807) is 18.0 Å². The minimum Gasteiger partial charge on any atom is -0.346 e. The molecule has 1 N–H and O–H groups in total. The van der Waals surface area contributed by atoms with E-state index in [0.717, 1.165) is 11.0 Å². The predicted octanol–water partition coefficient (Wildman–Crippen LogP) is 1.59. The van der Waals surface area contributed by atoms with Crippen LogP contribution in [-0.4, -0.2) is 38.3 Å². The van der Waals surface area contributed by atoms with Crippen LogP contribution in [0.25, 0.3) is 11.0 Å². The van der Waals surface area contributed by atoms with Crippen molar-refractivity contribution in [2.75, 3.05) is 17.2 Å². The Bertz CT molecular complexity index is 669. The number of hydrogen-bond donors (Lipinski definition) is 1. The number of aromatic amines is 1. The number of anilines is 1. The lowest BCUT2D eigenvalue weighted by atomic mass is 10.1. The predicted molar refractivity (Wildman–Crippen MR) is 77.5 cm³/mol. The Kier molecular flexibility index (Phi) is 3.43. The van der Waals surface area contributed by atoms with E-state index in [0.29, 0.717) is 24.5 Å². The van der Waals surface area contributed by atoms with Crippen LogP contribution in [0.4, 0.5) is 5.82 Å². The summed E-state index contributed by atoms with van der Waals surface area (Å²) >= 11 is 1.28. The Morgan fingerprint density at radius 3 is 3.20 bits per heavy atom. The van der Waals surface area contributed by atoms with Gasteiger partial charge in [0.2, 0.25) is 5.91 Å². The summed E-state index contributed by atoms with van der Waals surface area (Å²) in [5, 5.41) is 0.937. The van der Waals surface area contributed by atoms with E-state index in [-0.39, 0.29) is 16.9 Å². The van der Waals surface area contributed by atoms with Crippen molar-refractivity contribution in [3.8, 4) is 0 Å². The molecule has 1 aliphatic heterocycles. The van der Waals surface area contributed by atoms with Gasteiger partial charge in [-0.05, 0) is 12.0 Å².